The molecule has 8 aromatic rings. The molecule has 0 bridgehead atoms. The summed E-state index contributed by atoms with van der Waals surface area (Å²) in [6.07, 6.45) is 3.44. The molecule has 4 aromatic heterocycles. The van der Waals surface area contributed by atoms with E-state index in [0.29, 0.717) is 60.8 Å². The maximum Gasteiger partial charge on any atom is 0.249 e. The van der Waals surface area contributed by atoms with E-state index >= 15 is 0 Å². The van der Waals surface area contributed by atoms with Crippen LogP contribution >= 0.6 is 9.90 Å². The molecule has 1 atom stereocenters. The van der Waals surface area contributed by atoms with E-state index in [1.807, 2.05) is 108 Å². The quantitative estimate of drug-likeness (QED) is 0.0463. The topological polar surface area (TPSA) is 265 Å². The Bertz CT molecular complexity index is 2990. The first-order chi connectivity index (χ1) is 32.9. The lowest BCUT2D eigenvalue weighted by molar-refractivity contribution is -0.119. The Hall–Kier alpha value is -7.56. The number of nitrogens with one attached hydrogen (secondary N) is 3. The van der Waals surface area contributed by atoms with Gasteiger partial charge in [0.15, 0.2) is 0 Å². The molecule has 8 rings (SSSR count). The zero-order valence-electron chi connectivity index (χ0n) is 41.0. The van der Waals surface area contributed by atoms with Crippen molar-refractivity contribution in [3.05, 3.63) is 166 Å². The number of hydrogen-bond donors (Lipinski definition) is 7. The van der Waals surface area contributed by atoms with E-state index < -0.39 is 11.8 Å². The third kappa shape index (κ3) is 13.6. The molecule has 0 aliphatic rings. The van der Waals surface area contributed by atoms with Gasteiger partial charge in [-0.25, -0.2) is 9.97 Å². The van der Waals surface area contributed by atoms with Crippen molar-refractivity contribution >= 4 is 61.1 Å². The van der Waals surface area contributed by atoms with Gasteiger partial charge in [0.25, 0.3) is 0 Å². The Morgan fingerprint density at radius 2 is 1.01 bits per heavy atom. The van der Waals surface area contributed by atoms with Crippen molar-refractivity contribution in [2.24, 2.45) is 17.2 Å². The lowest BCUT2D eigenvalue weighted by Crippen LogP contribution is -2.21. The molecule has 3 amide bonds. The summed E-state index contributed by atoms with van der Waals surface area (Å²) in [5.74, 6) is 1.21. The van der Waals surface area contributed by atoms with Crippen LogP contribution in [0.15, 0.2) is 122 Å². The minimum atomic E-state index is -0.482. The standard InChI is InChI=1S/C24H24N6O2.C22H22N6O.C6H15N.H3N.H3P/c1-15-11-20-19(22(25)32)9-6-10-21(20)30(15)24-28-14-18(13-26-16(2)31)23(29-24)27-12-17-7-4-3-5-8-17;1-14-10-18-17(20(24)29)8-5-9-19(18)28(14)22-26-13-16(11-23)21(27-22)25-12-15-6-3-2-4-7-15;1-4-7(5-2)6-3;;/h3-11,14H,12-13H2,1-2H3,(H2,25,32)(H,26,31)(H,27,28,29);2-10,13H,11-12,23H2,1H3,(H2,24,29)(H,25,26,27);4-6H2,1-3H3;2*1H3. The number of benzene rings is 4. The lowest BCUT2D eigenvalue weighted by Gasteiger charge is -2.14. The molecule has 0 saturated carbocycles. The molecular formula is C52H67N14O3P. The minimum absolute atomic E-state index is 0. The second-order valence-corrected chi connectivity index (χ2v) is 15.9. The Labute approximate surface area is 412 Å². The number of primary amides is 2. The van der Waals surface area contributed by atoms with Crippen LogP contribution < -0.4 is 39.3 Å². The second-order valence-electron chi connectivity index (χ2n) is 15.9. The van der Waals surface area contributed by atoms with Crippen LogP contribution in [-0.4, -0.2) is 71.3 Å². The zero-order valence-corrected chi connectivity index (χ0v) is 42.4. The van der Waals surface area contributed by atoms with E-state index in [0.717, 1.165) is 55.4 Å². The summed E-state index contributed by atoms with van der Waals surface area (Å²) in [6, 6.07) is 34.7. The Morgan fingerprint density at radius 1 is 0.600 bits per heavy atom. The molecular weight excluding hydrogens is 900 g/mol. The smallest absolute Gasteiger partial charge is 0.249 e. The highest BCUT2D eigenvalue weighted by molar-refractivity contribution is 6.92. The SMILES string of the molecule is CC(=O)NCc1cnc(-n2c(C)cc3c(C(N)=O)cccc32)nc1NCc1ccccc1.CCN(CC)CC.Cc1cc2c(C(N)=O)cccc2n1-c1ncc(CN)c(NCc2ccccc2)n1.N.P. The molecule has 4 aromatic carbocycles. The van der Waals surface area contributed by atoms with Crippen molar-refractivity contribution in [2.45, 2.75) is 67.7 Å². The summed E-state index contributed by atoms with van der Waals surface area (Å²) in [4.78, 5) is 56.0. The van der Waals surface area contributed by atoms with Gasteiger partial charge in [0.05, 0.1) is 11.0 Å². The van der Waals surface area contributed by atoms with E-state index in [4.69, 9.17) is 27.2 Å². The van der Waals surface area contributed by atoms with Crippen molar-refractivity contribution < 1.29 is 14.4 Å². The first-order valence-corrected chi connectivity index (χ1v) is 22.6. The molecule has 368 valence electrons. The predicted molar refractivity (Wildman–Crippen MR) is 287 cm³/mol. The second kappa shape index (κ2) is 26.3. The first-order valence-electron chi connectivity index (χ1n) is 22.6. The highest BCUT2D eigenvalue weighted by Crippen LogP contribution is 2.28. The number of rotatable bonds is 16. The Balaban J connectivity index is 0.000000262. The molecule has 18 heteroatoms. The third-order valence-corrected chi connectivity index (χ3v) is 11.4. The normalized spacial score (nSPS) is 10.5. The number of fused-ring (bicyclic) bond motifs is 2. The number of nitrogens with zero attached hydrogens (tertiary/aromatic N) is 7. The Morgan fingerprint density at radius 3 is 1.39 bits per heavy atom. The number of amides is 3. The van der Waals surface area contributed by atoms with Gasteiger partial charge in [0.2, 0.25) is 29.6 Å². The summed E-state index contributed by atoms with van der Waals surface area (Å²) >= 11 is 0. The largest absolute Gasteiger partial charge is 0.366 e. The average Bonchev–Trinajstić information content (AvgIpc) is 3.88. The summed E-state index contributed by atoms with van der Waals surface area (Å²) in [6.45, 7) is 17.3. The van der Waals surface area contributed by atoms with Gasteiger partial charge in [-0.2, -0.15) is 19.9 Å². The number of hydrogen-bond acceptors (Lipinski definition) is 12. The highest BCUT2D eigenvalue weighted by atomic mass is 31.0. The maximum absolute atomic E-state index is 11.9. The van der Waals surface area contributed by atoms with Gasteiger partial charge in [-0.15, -0.1) is 0 Å². The van der Waals surface area contributed by atoms with Crippen LogP contribution in [0.25, 0.3) is 33.7 Å². The van der Waals surface area contributed by atoms with Gasteiger partial charge in [-0.1, -0.05) is 93.6 Å². The first kappa shape index (κ1) is 55.0. The number of aromatic nitrogens is 6. The predicted octanol–water partition coefficient (Wildman–Crippen LogP) is 7.54. The van der Waals surface area contributed by atoms with Gasteiger partial charge in [-0.3, -0.25) is 23.5 Å². The molecule has 17 nitrogen and oxygen atoms in total. The van der Waals surface area contributed by atoms with E-state index in [9.17, 15) is 14.4 Å². The molecule has 0 aliphatic heterocycles. The van der Waals surface area contributed by atoms with Crippen LogP contribution in [0.4, 0.5) is 11.6 Å². The molecule has 1 unspecified atom stereocenters. The molecule has 0 aliphatic carbocycles. The lowest BCUT2D eigenvalue weighted by atomic mass is 10.1. The van der Waals surface area contributed by atoms with Crippen LogP contribution in [0.5, 0.6) is 0 Å². The molecule has 0 spiro atoms. The van der Waals surface area contributed by atoms with Crippen molar-refractivity contribution in [3.63, 3.8) is 0 Å². The molecule has 70 heavy (non-hydrogen) atoms. The number of nitrogens with two attached hydrogens (primary N) is 3. The van der Waals surface area contributed by atoms with Gasteiger partial charge < -0.3 is 44.2 Å². The fourth-order valence-corrected chi connectivity index (χ4v) is 7.74. The van der Waals surface area contributed by atoms with Gasteiger partial charge in [0, 0.05) is 89.9 Å². The van der Waals surface area contributed by atoms with Crippen molar-refractivity contribution in [3.8, 4) is 11.9 Å². The monoisotopic (exact) mass is 967 g/mol. The van der Waals surface area contributed by atoms with E-state index in [1.54, 1.807) is 36.7 Å². The van der Waals surface area contributed by atoms with Crippen LogP contribution in [-0.2, 0) is 31.0 Å². The number of aryl methyl sites for hydroxylation is 2. The van der Waals surface area contributed by atoms with Gasteiger partial charge in [0.1, 0.15) is 11.6 Å². The molecule has 4 heterocycles. The minimum Gasteiger partial charge on any atom is -0.366 e. The van der Waals surface area contributed by atoms with E-state index in [1.165, 1.54) is 26.6 Å². The fraction of sp³-hybridized carbons (Fsp3) is 0.250. The summed E-state index contributed by atoms with van der Waals surface area (Å²) in [5.41, 5.74) is 25.1. The zero-order chi connectivity index (χ0) is 48.7. The van der Waals surface area contributed by atoms with E-state index in [2.05, 4.69) is 51.6 Å². The number of carbonyl (C=O) groups is 3. The van der Waals surface area contributed by atoms with Crippen molar-refractivity contribution in [2.75, 3.05) is 30.3 Å². The van der Waals surface area contributed by atoms with E-state index in [-0.39, 0.29) is 22.0 Å². The van der Waals surface area contributed by atoms with Gasteiger partial charge >= 0.3 is 0 Å². The van der Waals surface area contributed by atoms with Crippen LogP contribution in [0.2, 0.25) is 0 Å². The number of carbonyl (C=O) groups excluding carboxylic acids is 3. The molecule has 12 N–H and O–H groups in total. The van der Waals surface area contributed by atoms with Crippen molar-refractivity contribution in [1.29, 1.82) is 0 Å². The fourth-order valence-electron chi connectivity index (χ4n) is 7.74. The van der Waals surface area contributed by atoms with Crippen LogP contribution in [0, 0.1) is 13.8 Å². The third-order valence-electron chi connectivity index (χ3n) is 11.4. The van der Waals surface area contributed by atoms with Gasteiger partial charge in [-0.05, 0) is 81.0 Å². The molecule has 0 saturated heterocycles. The highest BCUT2D eigenvalue weighted by Gasteiger charge is 2.18. The van der Waals surface area contributed by atoms with Crippen LogP contribution in [0.3, 0.4) is 0 Å². The van der Waals surface area contributed by atoms with Crippen LogP contribution in [0.1, 0.15) is 82.1 Å². The summed E-state index contributed by atoms with van der Waals surface area (Å²) in [5, 5.41) is 11.1. The Kier molecular flexibility index (Phi) is 20.7. The average molecular weight is 967 g/mol. The molecule has 0 fully saturated rings. The number of anilines is 2. The maximum atomic E-state index is 11.9. The van der Waals surface area contributed by atoms with Crippen molar-refractivity contribution in [1.82, 2.24) is 45.4 Å². The summed E-state index contributed by atoms with van der Waals surface area (Å²) in [7, 11) is 0. The summed E-state index contributed by atoms with van der Waals surface area (Å²) < 4.78 is 3.80. The molecule has 0 radical (unpaired) electrons.